The first-order valence-electron chi connectivity index (χ1n) is 4.53. The van der Waals surface area contributed by atoms with Crippen LogP contribution >= 0.6 is 0 Å². The molecular weight excluding hydrogens is 152 g/mol. The van der Waals surface area contributed by atoms with Crippen LogP contribution in [-0.4, -0.2) is 18.5 Å². The summed E-state index contributed by atoms with van der Waals surface area (Å²) in [6.07, 6.45) is 6.11. The molecule has 2 rings (SSSR count). The van der Waals surface area contributed by atoms with Crippen molar-refractivity contribution in [3.05, 3.63) is 11.6 Å². The third-order valence-electron chi connectivity index (χ3n) is 3.06. The molecule has 0 radical (unpaired) electrons. The van der Waals surface area contributed by atoms with E-state index in [2.05, 4.69) is 13.0 Å². The van der Waals surface area contributed by atoms with Crippen molar-refractivity contribution >= 4 is 6.29 Å². The molecule has 0 aromatic rings. The van der Waals surface area contributed by atoms with Gasteiger partial charge in [-0.05, 0) is 37.7 Å². The predicted molar refractivity (Wildman–Crippen MR) is 45.8 cm³/mol. The average Bonchev–Trinajstić information content (AvgIpc) is 2.85. The highest BCUT2D eigenvalue weighted by atomic mass is 16.6. The highest BCUT2D eigenvalue weighted by Gasteiger charge is 2.46. The predicted octanol–water partition coefficient (Wildman–Crippen LogP) is 1.70. The van der Waals surface area contributed by atoms with E-state index < -0.39 is 0 Å². The molecule has 66 valence electrons. The monoisotopic (exact) mass is 166 g/mol. The summed E-state index contributed by atoms with van der Waals surface area (Å²) in [5, 5.41) is 0. The zero-order valence-electron chi connectivity index (χ0n) is 7.38. The molecule has 0 aromatic heterocycles. The molecule has 1 heterocycles. The third kappa shape index (κ3) is 1.31. The van der Waals surface area contributed by atoms with Crippen molar-refractivity contribution in [2.75, 3.05) is 6.61 Å². The van der Waals surface area contributed by atoms with Crippen molar-refractivity contribution in [3.63, 3.8) is 0 Å². The quantitative estimate of drug-likeness (QED) is 0.461. The molecule has 0 saturated carbocycles. The molecule has 0 spiro atoms. The summed E-state index contributed by atoms with van der Waals surface area (Å²) in [6, 6.07) is 0. The molecule has 0 N–H and O–H groups in total. The average molecular weight is 166 g/mol. The number of epoxide rings is 1. The first-order valence-corrected chi connectivity index (χ1v) is 4.53. The summed E-state index contributed by atoms with van der Waals surface area (Å²) >= 11 is 0. The Kier molecular flexibility index (Phi) is 1.80. The minimum absolute atomic E-state index is 0.144. The Morgan fingerprint density at radius 1 is 1.75 bits per heavy atom. The first-order chi connectivity index (χ1) is 5.74. The molecule has 1 saturated heterocycles. The third-order valence-corrected chi connectivity index (χ3v) is 3.06. The normalized spacial score (nSPS) is 40.4. The fourth-order valence-corrected chi connectivity index (χ4v) is 1.87. The van der Waals surface area contributed by atoms with E-state index in [4.69, 9.17) is 4.74 Å². The molecule has 2 atom stereocenters. The van der Waals surface area contributed by atoms with Crippen molar-refractivity contribution in [1.82, 2.24) is 0 Å². The number of hydrogen-bond acceptors (Lipinski definition) is 2. The Morgan fingerprint density at radius 2 is 2.50 bits per heavy atom. The molecule has 0 aromatic carbocycles. The molecule has 1 fully saturated rings. The minimum atomic E-state index is 0.144. The van der Waals surface area contributed by atoms with Gasteiger partial charge in [-0.1, -0.05) is 6.08 Å². The Labute approximate surface area is 72.6 Å². The summed E-state index contributed by atoms with van der Waals surface area (Å²) in [4.78, 5) is 10.4. The molecule has 2 aliphatic rings. The number of allylic oxidation sites excluding steroid dienone is 2. The number of aldehydes is 1. The van der Waals surface area contributed by atoms with Gasteiger partial charge in [-0.2, -0.15) is 0 Å². The van der Waals surface area contributed by atoms with Gasteiger partial charge in [-0.3, -0.25) is 4.79 Å². The van der Waals surface area contributed by atoms with Gasteiger partial charge in [0.1, 0.15) is 6.29 Å². The van der Waals surface area contributed by atoms with E-state index in [1.165, 1.54) is 0 Å². The zero-order valence-corrected chi connectivity index (χ0v) is 7.38. The van der Waals surface area contributed by atoms with Crippen molar-refractivity contribution in [2.45, 2.75) is 31.8 Å². The van der Waals surface area contributed by atoms with Gasteiger partial charge in [0.2, 0.25) is 0 Å². The van der Waals surface area contributed by atoms with E-state index in [1.54, 1.807) is 0 Å². The van der Waals surface area contributed by atoms with E-state index in [1.807, 2.05) is 0 Å². The summed E-state index contributed by atoms with van der Waals surface area (Å²) in [7, 11) is 0. The lowest BCUT2D eigenvalue weighted by molar-refractivity contribution is -0.105. The van der Waals surface area contributed by atoms with Gasteiger partial charge >= 0.3 is 0 Å². The number of carbonyl (C=O) groups excluding carboxylic acids is 1. The molecule has 0 amide bonds. The Balaban J connectivity index is 1.98. The molecule has 1 aliphatic heterocycles. The Hall–Kier alpha value is -0.630. The lowest BCUT2D eigenvalue weighted by Gasteiger charge is -2.23. The van der Waals surface area contributed by atoms with Gasteiger partial charge < -0.3 is 4.74 Å². The fraction of sp³-hybridized carbons (Fsp3) is 0.700. The van der Waals surface area contributed by atoms with Crippen LogP contribution in [0.2, 0.25) is 0 Å². The van der Waals surface area contributed by atoms with E-state index in [0.717, 1.165) is 37.7 Å². The van der Waals surface area contributed by atoms with Crippen LogP contribution in [-0.2, 0) is 9.53 Å². The maximum Gasteiger partial charge on any atom is 0.145 e. The van der Waals surface area contributed by atoms with E-state index >= 15 is 0 Å². The van der Waals surface area contributed by atoms with Gasteiger partial charge in [0.15, 0.2) is 0 Å². The largest absolute Gasteiger partial charge is 0.370 e. The highest BCUT2D eigenvalue weighted by molar-refractivity contribution is 5.73. The summed E-state index contributed by atoms with van der Waals surface area (Å²) in [6.45, 7) is 3.07. The van der Waals surface area contributed by atoms with Crippen molar-refractivity contribution in [3.8, 4) is 0 Å². The lowest BCUT2D eigenvalue weighted by atomic mass is 9.82. The number of ether oxygens (including phenoxy) is 1. The van der Waals surface area contributed by atoms with Crippen LogP contribution in [0, 0.1) is 5.92 Å². The summed E-state index contributed by atoms with van der Waals surface area (Å²) < 4.78 is 5.39. The lowest BCUT2D eigenvalue weighted by Crippen LogP contribution is -2.22. The smallest absolute Gasteiger partial charge is 0.145 e. The van der Waals surface area contributed by atoms with E-state index in [9.17, 15) is 4.79 Å². The van der Waals surface area contributed by atoms with Crippen LogP contribution in [0.4, 0.5) is 0 Å². The van der Waals surface area contributed by atoms with Gasteiger partial charge in [0, 0.05) is 0 Å². The Bertz CT molecular complexity index is 226. The second-order valence-electron chi connectivity index (χ2n) is 3.97. The first kappa shape index (κ1) is 7.99. The molecule has 12 heavy (non-hydrogen) atoms. The maximum atomic E-state index is 10.4. The fourth-order valence-electron chi connectivity index (χ4n) is 1.87. The van der Waals surface area contributed by atoms with Crippen LogP contribution in [0.15, 0.2) is 11.6 Å². The second kappa shape index (κ2) is 2.70. The maximum absolute atomic E-state index is 10.4. The molecule has 1 unspecified atom stereocenters. The van der Waals surface area contributed by atoms with Crippen LogP contribution < -0.4 is 0 Å². The topological polar surface area (TPSA) is 29.6 Å². The molecule has 1 aliphatic carbocycles. The van der Waals surface area contributed by atoms with Crippen LogP contribution in [0.1, 0.15) is 26.2 Å². The second-order valence-corrected chi connectivity index (χ2v) is 3.97. The van der Waals surface area contributed by atoms with Crippen molar-refractivity contribution < 1.29 is 9.53 Å². The van der Waals surface area contributed by atoms with Crippen LogP contribution in [0.5, 0.6) is 0 Å². The van der Waals surface area contributed by atoms with E-state index in [0.29, 0.717) is 5.92 Å². The van der Waals surface area contributed by atoms with Crippen LogP contribution in [0.25, 0.3) is 0 Å². The van der Waals surface area contributed by atoms with Gasteiger partial charge in [0.05, 0.1) is 12.2 Å². The summed E-state index contributed by atoms with van der Waals surface area (Å²) in [5.74, 6) is 0.640. The number of rotatable bonds is 2. The standard InChI is InChI=1S/C10H14O2/c1-10(7-12-10)9-4-2-8(6-11)3-5-9/h2,6,9H,3-5,7H2,1H3/t9?,10-/m1/s1. The highest BCUT2D eigenvalue weighted by Crippen LogP contribution is 2.41. The zero-order chi connectivity index (χ0) is 8.60. The van der Waals surface area contributed by atoms with Gasteiger partial charge in [0.25, 0.3) is 0 Å². The minimum Gasteiger partial charge on any atom is -0.370 e. The molecule has 2 nitrogen and oxygen atoms in total. The van der Waals surface area contributed by atoms with E-state index in [-0.39, 0.29) is 5.60 Å². The number of carbonyl (C=O) groups is 1. The van der Waals surface area contributed by atoms with Crippen molar-refractivity contribution in [1.29, 1.82) is 0 Å². The Morgan fingerprint density at radius 3 is 2.92 bits per heavy atom. The SMILES string of the molecule is C[C@]1(C2CC=C(C=O)CC2)CO1. The van der Waals surface area contributed by atoms with Gasteiger partial charge in [-0.15, -0.1) is 0 Å². The molecular formula is C10H14O2. The molecule has 0 bridgehead atoms. The number of hydrogen-bond donors (Lipinski definition) is 0. The summed E-state index contributed by atoms with van der Waals surface area (Å²) in [5.41, 5.74) is 1.11. The van der Waals surface area contributed by atoms with Gasteiger partial charge in [-0.25, -0.2) is 0 Å². The van der Waals surface area contributed by atoms with Crippen LogP contribution in [0.3, 0.4) is 0 Å². The van der Waals surface area contributed by atoms with Crippen molar-refractivity contribution in [2.24, 2.45) is 5.92 Å². The molecule has 2 heteroatoms.